The van der Waals surface area contributed by atoms with Crippen LogP contribution in [0, 0.1) is 0 Å². The smallest absolute Gasteiger partial charge is 0.354 e. The Morgan fingerprint density at radius 3 is 3.00 bits per heavy atom. The summed E-state index contributed by atoms with van der Waals surface area (Å²) in [5.74, 6) is -1.01. The highest BCUT2D eigenvalue weighted by Gasteiger charge is 2.12. The maximum atomic E-state index is 10.6. The summed E-state index contributed by atoms with van der Waals surface area (Å²) in [5.41, 5.74) is 0.668. The van der Waals surface area contributed by atoms with Crippen molar-refractivity contribution in [1.29, 1.82) is 0 Å². The normalized spacial score (nSPS) is 10.7. The number of carbonyl (C=O) groups is 1. The van der Waals surface area contributed by atoms with Crippen LogP contribution in [0.5, 0.6) is 0 Å². The van der Waals surface area contributed by atoms with Gasteiger partial charge in [0, 0.05) is 5.56 Å². The molecule has 1 heterocycles. The number of hydrogen-bond donors (Lipinski definition) is 2. The highest BCUT2D eigenvalue weighted by Crippen LogP contribution is 2.07. The van der Waals surface area contributed by atoms with Gasteiger partial charge < -0.3 is 9.84 Å². The highest BCUT2D eigenvalue weighted by molar-refractivity contribution is 5.86. The first-order valence-corrected chi connectivity index (χ1v) is 3.98. The van der Waals surface area contributed by atoms with Gasteiger partial charge in [-0.1, -0.05) is 0 Å². The molecule has 0 unspecified atom stereocenters. The number of nitrogens with zero attached hydrogens (tertiary/aromatic N) is 1. The number of hydrogen-bond acceptors (Lipinski definition) is 3. The molecule has 5 nitrogen and oxygen atoms in total. The van der Waals surface area contributed by atoms with E-state index in [4.69, 9.17) is 9.84 Å². The molecular weight excluding hydrogens is 172 g/mol. The van der Waals surface area contributed by atoms with Crippen molar-refractivity contribution < 1.29 is 14.6 Å². The number of carboxylic acids is 1. The fourth-order valence-corrected chi connectivity index (χ4v) is 0.862. The van der Waals surface area contributed by atoms with E-state index in [1.165, 1.54) is 6.20 Å². The van der Waals surface area contributed by atoms with Gasteiger partial charge in [-0.15, -0.1) is 0 Å². The van der Waals surface area contributed by atoms with Crippen LogP contribution in [0.1, 0.15) is 29.9 Å². The van der Waals surface area contributed by atoms with Crippen molar-refractivity contribution in [3.05, 3.63) is 17.5 Å². The van der Waals surface area contributed by atoms with Gasteiger partial charge >= 0.3 is 5.97 Å². The SMILES string of the molecule is CC(C)OCc1cn[nH]c1C(=O)O. The van der Waals surface area contributed by atoms with E-state index in [-0.39, 0.29) is 18.4 Å². The van der Waals surface area contributed by atoms with Crippen molar-refractivity contribution >= 4 is 5.97 Å². The summed E-state index contributed by atoms with van der Waals surface area (Å²) in [5, 5.41) is 14.7. The molecule has 0 aliphatic rings. The second kappa shape index (κ2) is 4.04. The van der Waals surface area contributed by atoms with Crippen LogP contribution in [0.15, 0.2) is 6.20 Å². The zero-order valence-electron chi connectivity index (χ0n) is 7.57. The highest BCUT2D eigenvalue weighted by atomic mass is 16.5. The maximum Gasteiger partial charge on any atom is 0.354 e. The second-order valence-electron chi connectivity index (χ2n) is 2.94. The number of nitrogens with one attached hydrogen (secondary N) is 1. The van der Waals surface area contributed by atoms with Crippen molar-refractivity contribution in [3.63, 3.8) is 0 Å². The van der Waals surface area contributed by atoms with Crippen LogP contribution in [-0.4, -0.2) is 27.4 Å². The standard InChI is InChI=1S/C8H12N2O3/c1-5(2)13-4-6-3-9-10-7(6)8(11)12/h3,5H,4H2,1-2H3,(H,9,10)(H,11,12). The Labute approximate surface area is 75.7 Å². The van der Waals surface area contributed by atoms with E-state index < -0.39 is 5.97 Å². The molecular formula is C8H12N2O3. The molecule has 0 aliphatic heterocycles. The van der Waals surface area contributed by atoms with Crippen molar-refractivity contribution in [2.24, 2.45) is 0 Å². The summed E-state index contributed by atoms with van der Waals surface area (Å²) in [7, 11) is 0. The molecule has 2 N–H and O–H groups in total. The average molecular weight is 184 g/mol. The van der Waals surface area contributed by atoms with Crippen molar-refractivity contribution in [2.45, 2.75) is 26.6 Å². The Kier molecular flexibility index (Phi) is 3.02. The number of ether oxygens (including phenoxy) is 1. The Balaban J connectivity index is 2.65. The van der Waals surface area contributed by atoms with Gasteiger partial charge in [-0.2, -0.15) is 5.10 Å². The third kappa shape index (κ3) is 2.55. The molecule has 0 aliphatic carbocycles. The molecule has 5 heteroatoms. The third-order valence-corrected chi connectivity index (χ3v) is 1.50. The minimum atomic E-state index is -1.01. The largest absolute Gasteiger partial charge is 0.477 e. The number of rotatable bonds is 4. The molecule has 0 aromatic carbocycles. The number of aromatic nitrogens is 2. The monoisotopic (exact) mass is 184 g/mol. The average Bonchev–Trinajstić information content (AvgIpc) is 2.47. The Morgan fingerprint density at radius 1 is 1.77 bits per heavy atom. The van der Waals surface area contributed by atoms with Gasteiger partial charge in [0.05, 0.1) is 18.9 Å². The maximum absolute atomic E-state index is 10.6. The Morgan fingerprint density at radius 2 is 2.46 bits per heavy atom. The summed E-state index contributed by atoms with van der Waals surface area (Å²) in [6.45, 7) is 4.05. The van der Waals surface area contributed by atoms with E-state index in [9.17, 15) is 4.79 Å². The fraction of sp³-hybridized carbons (Fsp3) is 0.500. The van der Waals surface area contributed by atoms with Crippen molar-refractivity contribution in [3.8, 4) is 0 Å². The molecule has 0 atom stereocenters. The van der Waals surface area contributed by atoms with E-state index in [1.807, 2.05) is 13.8 Å². The van der Waals surface area contributed by atoms with Crippen LogP contribution >= 0.6 is 0 Å². The van der Waals surface area contributed by atoms with Gasteiger partial charge in [-0.3, -0.25) is 5.10 Å². The molecule has 1 aromatic rings. The van der Waals surface area contributed by atoms with Crippen molar-refractivity contribution in [1.82, 2.24) is 10.2 Å². The number of H-pyrrole nitrogens is 1. The summed E-state index contributed by atoms with van der Waals surface area (Å²) < 4.78 is 5.25. The lowest BCUT2D eigenvalue weighted by Crippen LogP contribution is -2.06. The molecule has 0 saturated heterocycles. The molecule has 13 heavy (non-hydrogen) atoms. The first-order valence-electron chi connectivity index (χ1n) is 3.98. The molecule has 1 rings (SSSR count). The van der Waals surface area contributed by atoms with Crippen molar-refractivity contribution in [2.75, 3.05) is 0 Å². The minimum absolute atomic E-state index is 0.0801. The van der Waals surface area contributed by atoms with Crippen LogP contribution in [-0.2, 0) is 11.3 Å². The molecule has 0 spiro atoms. The summed E-state index contributed by atoms with van der Waals surface area (Å²) >= 11 is 0. The van der Waals surface area contributed by atoms with Crippen LogP contribution in [0.2, 0.25) is 0 Å². The molecule has 0 saturated carbocycles. The number of aromatic amines is 1. The van der Waals surface area contributed by atoms with Gasteiger partial charge in [0.1, 0.15) is 5.69 Å². The van der Waals surface area contributed by atoms with E-state index >= 15 is 0 Å². The van der Waals surface area contributed by atoms with Gasteiger partial charge in [-0.05, 0) is 13.8 Å². The number of aromatic carboxylic acids is 1. The van der Waals surface area contributed by atoms with Crippen LogP contribution in [0.25, 0.3) is 0 Å². The molecule has 0 amide bonds. The zero-order chi connectivity index (χ0) is 9.84. The molecule has 0 fully saturated rings. The van der Waals surface area contributed by atoms with E-state index in [0.29, 0.717) is 5.56 Å². The quantitative estimate of drug-likeness (QED) is 0.732. The predicted molar refractivity (Wildman–Crippen MR) is 45.5 cm³/mol. The van der Waals surface area contributed by atoms with Crippen LogP contribution in [0.4, 0.5) is 0 Å². The first-order chi connectivity index (χ1) is 6.11. The first kappa shape index (κ1) is 9.73. The van der Waals surface area contributed by atoms with E-state index in [1.54, 1.807) is 0 Å². The van der Waals surface area contributed by atoms with Gasteiger partial charge in [-0.25, -0.2) is 4.79 Å². The van der Waals surface area contributed by atoms with Crippen LogP contribution < -0.4 is 0 Å². The predicted octanol–water partition coefficient (Wildman–Crippen LogP) is 1.03. The Hall–Kier alpha value is -1.36. The van der Waals surface area contributed by atoms with Gasteiger partial charge in [0.2, 0.25) is 0 Å². The molecule has 1 aromatic heterocycles. The second-order valence-corrected chi connectivity index (χ2v) is 2.94. The summed E-state index contributed by atoms with van der Waals surface area (Å²) in [6.07, 6.45) is 1.54. The Bertz CT molecular complexity index is 293. The van der Waals surface area contributed by atoms with E-state index in [2.05, 4.69) is 10.2 Å². The van der Waals surface area contributed by atoms with Crippen LogP contribution in [0.3, 0.4) is 0 Å². The molecule has 72 valence electrons. The minimum Gasteiger partial charge on any atom is -0.477 e. The third-order valence-electron chi connectivity index (χ3n) is 1.50. The summed E-state index contributed by atoms with van der Waals surface area (Å²) in [6, 6.07) is 0. The molecule has 0 radical (unpaired) electrons. The fourth-order valence-electron chi connectivity index (χ4n) is 0.862. The lowest BCUT2D eigenvalue weighted by molar-refractivity contribution is 0.0604. The topological polar surface area (TPSA) is 75.2 Å². The van der Waals surface area contributed by atoms with E-state index in [0.717, 1.165) is 0 Å². The molecule has 0 bridgehead atoms. The van der Waals surface area contributed by atoms with Gasteiger partial charge in [0.15, 0.2) is 0 Å². The lowest BCUT2D eigenvalue weighted by atomic mass is 10.2. The zero-order valence-corrected chi connectivity index (χ0v) is 7.57. The number of carboxylic acid groups (broad SMARTS) is 1. The lowest BCUT2D eigenvalue weighted by Gasteiger charge is -2.05. The van der Waals surface area contributed by atoms with Gasteiger partial charge in [0.25, 0.3) is 0 Å². The summed E-state index contributed by atoms with van der Waals surface area (Å²) in [4.78, 5) is 10.6.